The molecule has 0 aromatic heterocycles. The van der Waals surface area contributed by atoms with Crippen LogP contribution in [0, 0.1) is 6.92 Å². The number of amides is 1. The number of benzene rings is 1. The van der Waals surface area contributed by atoms with Crippen molar-refractivity contribution in [1.29, 1.82) is 0 Å². The third kappa shape index (κ3) is 3.07. The molecule has 0 spiro atoms. The summed E-state index contributed by atoms with van der Waals surface area (Å²) in [5.41, 5.74) is 1.14. The Labute approximate surface area is 105 Å². The molecule has 0 heterocycles. The van der Waals surface area contributed by atoms with Gasteiger partial charge in [0.2, 0.25) is 5.91 Å². The molecule has 1 aromatic carbocycles. The molecule has 1 fully saturated rings. The Morgan fingerprint density at radius 1 is 1.39 bits per heavy atom. The van der Waals surface area contributed by atoms with Gasteiger partial charge in [0.25, 0.3) is 0 Å². The maximum atomic E-state index is 11.7. The number of rotatable bonds is 5. The van der Waals surface area contributed by atoms with Gasteiger partial charge >= 0.3 is 5.97 Å². The zero-order valence-corrected chi connectivity index (χ0v) is 10.2. The third-order valence-electron chi connectivity index (χ3n) is 2.89. The van der Waals surface area contributed by atoms with Crippen LogP contribution in [0.2, 0.25) is 0 Å². The highest BCUT2D eigenvalue weighted by Crippen LogP contribution is 2.20. The normalized spacial score (nSPS) is 14.3. The highest BCUT2D eigenvalue weighted by Gasteiger charge is 2.21. The number of nitrogens with one attached hydrogen (secondary N) is 2. The molecule has 18 heavy (non-hydrogen) atoms. The molecular formula is C13H16N2O3. The summed E-state index contributed by atoms with van der Waals surface area (Å²) >= 11 is 0. The van der Waals surface area contributed by atoms with Crippen LogP contribution in [0.15, 0.2) is 18.2 Å². The van der Waals surface area contributed by atoms with Crippen LogP contribution in [0.5, 0.6) is 0 Å². The lowest BCUT2D eigenvalue weighted by Crippen LogP contribution is -2.30. The van der Waals surface area contributed by atoms with E-state index in [0.29, 0.717) is 17.3 Å². The Balaban J connectivity index is 2.05. The molecule has 3 N–H and O–H groups in total. The summed E-state index contributed by atoms with van der Waals surface area (Å²) in [6.45, 7) is 1.93. The lowest BCUT2D eigenvalue weighted by molar-refractivity contribution is -0.115. The minimum absolute atomic E-state index is 0.150. The smallest absolute Gasteiger partial charge is 0.338 e. The van der Waals surface area contributed by atoms with E-state index in [1.807, 2.05) is 0 Å². The minimum atomic E-state index is -1.03. The first-order valence-corrected chi connectivity index (χ1v) is 5.94. The quantitative estimate of drug-likeness (QED) is 0.735. The molecule has 1 aromatic rings. The average molecular weight is 248 g/mol. The molecule has 0 atom stereocenters. The highest BCUT2D eigenvalue weighted by atomic mass is 16.4. The second kappa shape index (κ2) is 5.18. The molecule has 0 saturated heterocycles. The Morgan fingerprint density at radius 3 is 2.72 bits per heavy atom. The number of hydrogen-bond acceptors (Lipinski definition) is 3. The van der Waals surface area contributed by atoms with Crippen molar-refractivity contribution in [2.45, 2.75) is 25.8 Å². The van der Waals surface area contributed by atoms with E-state index >= 15 is 0 Å². The van der Waals surface area contributed by atoms with Gasteiger partial charge in [0.15, 0.2) is 0 Å². The van der Waals surface area contributed by atoms with Gasteiger partial charge in [0.1, 0.15) is 0 Å². The number of hydrogen-bond donors (Lipinski definition) is 3. The molecule has 0 bridgehead atoms. The number of carboxylic acid groups (broad SMARTS) is 1. The summed E-state index contributed by atoms with van der Waals surface area (Å²) in [4.78, 5) is 22.8. The van der Waals surface area contributed by atoms with E-state index in [1.54, 1.807) is 25.1 Å². The number of carbonyl (C=O) groups excluding carboxylic acids is 1. The number of aryl methyl sites for hydroxylation is 1. The second-order valence-electron chi connectivity index (χ2n) is 4.51. The van der Waals surface area contributed by atoms with Crippen LogP contribution in [-0.4, -0.2) is 29.6 Å². The Hall–Kier alpha value is -1.88. The predicted molar refractivity (Wildman–Crippen MR) is 67.8 cm³/mol. The van der Waals surface area contributed by atoms with E-state index in [1.165, 1.54) is 0 Å². The molecule has 0 radical (unpaired) electrons. The van der Waals surface area contributed by atoms with Crippen LogP contribution in [0.3, 0.4) is 0 Å². The fraction of sp³-hybridized carbons (Fsp3) is 0.385. The maximum Gasteiger partial charge on any atom is 0.338 e. The fourth-order valence-electron chi connectivity index (χ4n) is 1.77. The standard InChI is InChI=1S/C13H16N2O3/c1-8-3-2-4-10(12(8)13(17)18)15-11(16)7-14-9-5-6-9/h2-4,9,14H,5-7H2,1H3,(H,15,16)(H,17,18). The first-order chi connectivity index (χ1) is 8.58. The minimum Gasteiger partial charge on any atom is -0.478 e. The van der Waals surface area contributed by atoms with Crippen LogP contribution in [-0.2, 0) is 4.79 Å². The summed E-state index contributed by atoms with van der Waals surface area (Å²) in [5, 5.41) is 14.8. The molecular weight excluding hydrogens is 232 g/mol. The third-order valence-corrected chi connectivity index (χ3v) is 2.89. The molecule has 1 aliphatic rings. The average Bonchev–Trinajstić information content (AvgIpc) is 3.09. The van der Waals surface area contributed by atoms with Gasteiger partial charge in [-0.2, -0.15) is 0 Å². The van der Waals surface area contributed by atoms with Crippen LogP contribution in [0.4, 0.5) is 5.69 Å². The first kappa shape index (κ1) is 12.6. The molecule has 5 heteroatoms. The van der Waals surface area contributed by atoms with Crippen LogP contribution < -0.4 is 10.6 Å². The van der Waals surface area contributed by atoms with Gasteiger partial charge in [-0.15, -0.1) is 0 Å². The molecule has 1 aliphatic carbocycles. The topological polar surface area (TPSA) is 78.4 Å². The fourth-order valence-corrected chi connectivity index (χ4v) is 1.77. The van der Waals surface area contributed by atoms with Gasteiger partial charge in [-0.1, -0.05) is 12.1 Å². The molecule has 5 nitrogen and oxygen atoms in total. The Bertz CT molecular complexity index is 481. The lowest BCUT2D eigenvalue weighted by Gasteiger charge is -2.10. The molecule has 96 valence electrons. The van der Waals surface area contributed by atoms with Gasteiger partial charge in [-0.3, -0.25) is 4.79 Å². The molecule has 0 unspecified atom stereocenters. The highest BCUT2D eigenvalue weighted by molar-refractivity contribution is 6.02. The Kier molecular flexibility index (Phi) is 3.62. The van der Waals surface area contributed by atoms with Crippen molar-refractivity contribution < 1.29 is 14.7 Å². The van der Waals surface area contributed by atoms with Crippen molar-refractivity contribution in [2.24, 2.45) is 0 Å². The molecule has 0 aliphatic heterocycles. The summed E-state index contributed by atoms with van der Waals surface area (Å²) in [6.07, 6.45) is 2.22. The largest absolute Gasteiger partial charge is 0.478 e. The summed E-state index contributed by atoms with van der Waals surface area (Å²) in [5.74, 6) is -1.24. The van der Waals surface area contributed by atoms with Crippen molar-refractivity contribution in [2.75, 3.05) is 11.9 Å². The van der Waals surface area contributed by atoms with E-state index in [4.69, 9.17) is 5.11 Å². The maximum absolute atomic E-state index is 11.7. The van der Waals surface area contributed by atoms with Crippen molar-refractivity contribution in [1.82, 2.24) is 5.32 Å². The van der Waals surface area contributed by atoms with Crippen molar-refractivity contribution >= 4 is 17.6 Å². The van der Waals surface area contributed by atoms with E-state index in [-0.39, 0.29) is 18.0 Å². The lowest BCUT2D eigenvalue weighted by atomic mass is 10.1. The number of anilines is 1. The van der Waals surface area contributed by atoms with E-state index in [2.05, 4.69) is 10.6 Å². The van der Waals surface area contributed by atoms with Gasteiger partial charge < -0.3 is 15.7 Å². The summed E-state index contributed by atoms with van der Waals surface area (Å²) in [6, 6.07) is 5.49. The van der Waals surface area contributed by atoms with Gasteiger partial charge in [0, 0.05) is 6.04 Å². The van der Waals surface area contributed by atoms with Crippen molar-refractivity contribution in [3.8, 4) is 0 Å². The van der Waals surface area contributed by atoms with Gasteiger partial charge in [-0.05, 0) is 31.4 Å². The van der Waals surface area contributed by atoms with Gasteiger partial charge in [-0.25, -0.2) is 4.79 Å². The number of carboxylic acids is 1. The van der Waals surface area contributed by atoms with E-state index in [0.717, 1.165) is 12.8 Å². The Morgan fingerprint density at radius 2 is 2.11 bits per heavy atom. The van der Waals surface area contributed by atoms with Crippen LogP contribution in [0.1, 0.15) is 28.8 Å². The van der Waals surface area contributed by atoms with Crippen LogP contribution >= 0.6 is 0 Å². The van der Waals surface area contributed by atoms with E-state index < -0.39 is 5.97 Å². The monoisotopic (exact) mass is 248 g/mol. The number of aromatic carboxylic acids is 1. The zero-order valence-electron chi connectivity index (χ0n) is 10.2. The van der Waals surface area contributed by atoms with Gasteiger partial charge in [0.05, 0.1) is 17.8 Å². The first-order valence-electron chi connectivity index (χ1n) is 5.94. The molecule has 2 rings (SSSR count). The second-order valence-corrected chi connectivity index (χ2v) is 4.51. The van der Waals surface area contributed by atoms with Crippen LogP contribution in [0.25, 0.3) is 0 Å². The molecule has 1 amide bonds. The SMILES string of the molecule is Cc1cccc(NC(=O)CNC2CC2)c1C(=O)O. The molecule has 1 saturated carbocycles. The predicted octanol–water partition coefficient (Wildman–Crippen LogP) is 1.38. The van der Waals surface area contributed by atoms with Crippen molar-refractivity contribution in [3.63, 3.8) is 0 Å². The summed E-state index contributed by atoms with van der Waals surface area (Å²) < 4.78 is 0. The zero-order chi connectivity index (χ0) is 13.1. The summed E-state index contributed by atoms with van der Waals surface area (Å²) in [7, 11) is 0. The van der Waals surface area contributed by atoms with Crippen molar-refractivity contribution in [3.05, 3.63) is 29.3 Å². The number of carbonyl (C=O) groups is 2. The van der Waals surface area contributed by atoms with E-state index in [9.17, 15) is 9.59 Å².